The number of ether oxygens (including phenoxy) is 2. The average Bonchev–Trinajstić information content (AvgIpc) is 3.21. The summed E-state index contributed by atoms with van der Waals surface area (Å²) >= 11 is 0. The van der Waals surface area contributed by atoms with Gasteiger partial charge in [0.1, 0.15) is 24.0 Å². The lowest BCUT2D eigenvalue weighted by Crippen LogP contribution is -2.41. The van der Waals surface area contributed by atoms with Gasteiger partial charge in [-0.2, -0.15) is 4.31 Å². The van der Waals surface area contributed by atoms with Gasteiger partial charge in [0.2, 0.25) is 10.0 Å². The first-order valence-electron chi connectivity index (χ1n) is 10.6. The molecule has 0 amide bonds. The van der Waals surface area contributed by atoms with E-state index in [9.17, 15) is 23.1 Å². The number of benzene rings is 2. The third-order valence-electron chi connectivity index (χ3n) is 6.00. The molecule has 0 spiro atoms. The van der Waals surface area contributed by atoms with Crippen molar-refractivity contribution in [3.05, 3.63) is 69.6 Å². The average molecular weight is 488 g/mol. The van der Waals surface area contributed by atoms with Crippen LogP contribution in [0.5, 0.6) is 5.75 Å². The van der Waals surface area contributed by atoms with Crippen LogP contribution in [-0.2, 0) is 26.2 Å². The Hall–Kier alpha value is -3.21. The van der Waals surface area contributed by atoms with Gasteiger partial charge in [-0.05, 0) is 49.2 Å². The maximum absolute atomic E-state index is 13.3. The molecular formula is C24H25NO8S. The Morgan fingerprint density at radius 3 is 2.62 bits per heavy atom. The summed E-state index contributed by atoms with van der Waals surface area (Å²) in [6.45, 7) is 3.19. The lowest BCUT2D eigenvalue weighted by Gasteiger charge is -2.23. The molecular weight excluding hydrogens is 462 g/mol. The third kappa shape index (κ3) is 4.56. The van der Waals surface area contributed by atoms with Gasteiger partial charge in [-0.3, -0.25) is 4.79 Å². The first-order valence-corrected chi connectivity index (χ1v) is 12.1. The lowest BCUT2D eigenvalue weighted by molar-refractivity contribution is -0.148. The van der Waals surface area contributed by atoms with Crippen LogP contribution in [0.4, 0.5) is 0 Å². The van der Waals surface area contributed by atoms with Crippen molar-refractivity contribution in [3.8, 4) is 5.75 Å². The summed E-state index contributed by atoms with van der Waals surface area (Å²) in [6, 6.07) is 9.66. The van der Waals surface area contributed by atoms with Crippen molar-refractivity contribution in [3.63, 3.8) is 0 Å². The van der Waals surface area contributed by atoms with E-state index in [4.69, 9.17) is 13.9 Å². The molecule has 9 nitrogen and oxygen atoms in total. The first-order chi connectivity index (χ1) is 16.1. The van der Waals surface area contributed by atoms with Crippen LogP contribution in [0.15, 0.2) is 56.6 Å². The van der Waals surface area contributed by atoms with Crippen LogP contribution in [0.1, 0.15) is 23.1 Å². The zero-order chi connectivity index (χ0) is 24.6. The summed E-state index contributed by atoms with van der Waals surface area (Å²) in [5.74, 6) is -0.309. The van der Waals surface area contributed by atoms with E-state index in [0.29, 0.717) is 16.7 Å². The topological polar surface area (TPSA) is 123 Å². The van der Waals surface area contributed by atoms with Crippen molar-refractivity contribution >= 4 is 27.0 Å². The molecule has 2 atom stereocenters. The fraction of sp³-hybridized carbons (Fsp3) is 0.333. The second-order valence-electron chi connectivity index (χ2n) is 8.29. The Morgan fingerprint density at radius 1 is 1.15 bits per heavy atom. The second-order valence-corrected chi connectivity index (χ2v) is 10.2. The maximum Gasteiger partial charge on any atom is 0.336 e. The number of aliphatic hydroxyl groups is 1. The molecule has 0 radical (unpaired) electrons. The van der Waals surface area contributed by atoms with Crippen molar-refractivity contribution in [1.29, 1.82) is 0 Å². The molecule has 2 heterocycles. The summed E-state index contributed by atoms with van der Waals surface area (Å²) in [7, 11) is -2.56. The Kier molecular flexibility index (Phi) is 6.48. The first kappa shape index (κ1) is 23.9. The molecule has 4 rings (SSSR count). The fourth-order valence-electron chi connectivity index (χ4n) is 3.98. The molecule has 1 aromatic heterocycles. The minimum atomic E-state index is -4.04. The van der Waals surface area contributed by atoms with Gasteiger partial charge in [0.25, 0.3) is 0 Å². The molecule has 1 N–H and O–H groups in total. The van der Waals surface area contributed by atoms with Gasteiger partial charge in [-0.15, -0.1) is 0 Å². The molecule has 0 bridgehead atoms. The molecule has 180 valence electrons. The molecule has 34 heavy (non-hydrogen) atoms. The molecule has 0 saturated carbocycles. The normalized spacial score (nSPS) is 18.8. The monoisotopic (exact) mass is 487 g/mol. The Bertz CT molecular complexity index is 1410. The summed E-state index contributed by atoms with van der Waals surface area (Å²) in [4.78, 5) is 24.9. The number of esters is 1. The Balaban J connectivity index is 1.58. The number of fused-ring (bicyclic) bond motifs is 1. The van der Waals surface area contributed by atoms with E-state index >= 15 is 0 Å². The number of methoxy groups -OCH3 is 1. The van der Waals surface area contributed by atoms with E-state index in [-0.39, 0.29) is 30.1 Å². The van der Waals surface area contributed by atoms with E-state index in [0.717, 1.165) is 15.4 Å². The van der Waals surface area contributed by atoms with E-state index in [1.165, 1.54) is 19.2 Å². The minimum Gasteiger partial charge on any atom is -0.497 e. The predicted molar refractivity (Wildman–Crippen MR) is 123 cm³/mol. The molecule has 1 aliphatic heterocycles. The highest BCUT2D eigenvalue weighted by Crippen LogP contribution is 2.29. The second kappa shape index (κ2) is 9.21. The summed E-state index contributed by atoms with van der Waals surface area (Å²) in [5.41, 5.74) is 1.79. The summed E-state index contributed by atoms with van der Waals surface area (Å²) < 4.78 is 43.2. The molecule has 2 aromatic carbocycles. The maximum atomic E-state index is 13.3. The minimum absolute atomic E-state index is 0.0445. The van der Waals surface area contributed by atoms with Crippen LogP contribution in [-0.4, -0.2) is 49.6 Å². The van der Waals surface area contributed by atoms with Crippen LogP contribution in [0.2, 0.25) is 0 Å². The summed E-state index contributed by atoms with van der Waals surface area (Å²) in [6.07, 6.45) is -1.09. The Labute approximate surface area is 196 Å². The van der Waals surface area contributed by atoms with Gasteiger partial charge < -0.3 is 19.0 Å². The van der Waals surface area contributed by atoms with Gasteiger partial charge in [-0.1, -0.05) is 6.07 Å². The summed E-state index contributed by atoms with van der Waals surface area (Å²) in [5, 5.41) is 10.7. The van der Waals surface area contributed by atoms with Crippen molar-refractivity contribution in [2.45, 2.75) is 43.9 Å². The van der Waals surface area contributed by atoms with Gasteiger partial charge in [-0.25, -0.2) is 13.2 Å². The third-order valence-corrected chi connectivity index (χ3v) is 7.87. The van der Waals surface area contributed by atoms with E-state index in [1.807, 2.05) is 6.92 Å². The van der Waals surface area contributed by atoms with E-state index in [2.05, 4.69) is 0 Å². The van der Waals surface area contributed by atoms with Gasteiger partial charge in [0.15, 0.2) is 0 Å². The van der Waals surface area contributed by atoms with Crippen LogP contribution in [0, 0.1) is 13.8 Å². The smallest absolute Gasteiger partial charge is 0.336 e. The number of hydrogen-bond donors (Lipinski definition) is 1. The number of hydrogen-bond acceptors (Lipinski definition) is 8. The van der Waals surface area contributed by atoms with Crippen LogP contribution < -0.4 is 10.4 Å². The largest absolute Gasteiger partial charge is 0.497 e. The number of aryl methyl sites for hydroxylation is 2. The standard InChI is InChI=1S/C24H25NO8S/c1-14-4-6-19(8-15(14)2)34(29,30)25-12-17(26)10-21(25)24(28)32-13-16-9-23(27)33-22-11-18(31-3)5-7-20(16)22/h4-9,11,17,21,26H,10,12-13H2,1-3H3/t17?,21-/m0/s1. The molecule has 10 heteroatoms. The molecule has 1 aliphatic rings. The highest BCUT2D eigenvalue weighted by molar-refractivity contribution is 7.89. The van der Waals surface area contributed by atoms with E-state index in [1.54, 1.807) is 37.3 Å². The quantitative estimate of drug-likeness (QED) is 0.415. The van der Waals surface area contributed by atoms with Gasteiger partial charge in [0, 0.05) is 36.0 Å². The van der Waals surface area contributed by atoms with Crippen LogP contribution in [0.25, 0.3) is 11.0 Å². The number of carbonyl (C=O) groups is 1. The molecule has 1 unspecified atom stereocenters. The molecule has 1 saturated heterocycles. The highest BCUT2D eigenvalue weighted by atomic mass is 32.2. The molecule has 0 aliphatic carbocycles. The van der Waals surface area contributed by atoms with Crippen molar-refractivity contribution in [2.24, 2.45) is 0 Å². The molecule has 3 aromatic rings. The fourth-order valence-corrected chi connectivity index (χ4v) is 5.69. The number of β-amino-alcohol motifs (C(OH)–C–C–N with tert-alkyl or cyclic N) is 1. The number of sulfonamides is 1. The zero-order valence-corrected chi connectivity index (χ0v) is 19.8. The van der Waals surface area contributed by atoms with Gasteiger partial charge >= 0.3 is 11.6 Å². The predicted octanol–water partition coefficient (Wildman–Crippen LogP) is 2.29. The number of carbonyl (C=O) groups excluding carboxylic acids is 1. The van der Waals surface area contributed by atoms with E-state index < -0.39 is 33.8 Å². The SMILES string of the molecule is COc1ccc2c(COC(=O)[C@@H]3CC(O)CN3S(=O)(=O)c3ccc(C)c(C)c3)cc(=O)oc2c1. The Morgan fingerprint density at radius 2 is 1.91 bits per heavy atom. The molecule has 1 fully saturated rings. The van der Waals surface area contributed by atoms with Crippen LogP contribution in [0.3, 0.4) is 0 Å². The number of rotatable bonds is 6. The van der Waals surface area contributed by atoms with Crippen LogP contribution >= 0.6 is 0 Å². The van der Waals surface area contributed by atoms with Gasteiger partial charge in [0.05, 0.1) is 18.1 Å². The van der Waals surface area contributed by atoms with Crippen molar-refractivity contribution in [1.82, 2.24) is 4.31 Å². The zero-order valence-electron chi connectivity index (χ0n) is 19.0. The van der Waals surface area contributed by atoms with Crippen molar-refractivity contribution < 1.29 is 32.2 Å². The number of aliphatic hydroxyl groups excluding tert-OH is 1. The highest BCUT2D eigenvalue weighted by Gasteiger charge is 2.44. The van der Waals surface area contributed by atoms with Crippen molar-refractivity contribution in [2.75, 3.05) is 13.7 Å². The lowest BCUT2D eigenvalue weighted by atomic mass is 10.1. The number of nitrogens with zero attached hydrogens (tertiary/aromatic N) is 1.